The van der Waals surface area contributed by atoms with Crippen LogP contribution >= 0.6 is 0 Å². The summed E-state index contributed by atoms with van der Waals surface area (Å²) >= 11 is 0. The summed E-state index contributed by atoms with van der Waals surface area (Å²) in [6.07, 6.45) is 0.730. The van der Waals surface area contributed by atoms with Crippen molar-refractivity contribution in [3.63, 3.8) is 0 Å². The Labute approximate surface area is 132 Å². The minimum Gasteiger partial charge on any atom is -0.454 e. The van der Waals surface area contributed by atoms with E-state index in [0.29, 0.717) is 11.1 Å². The zero-order chi connectivity index (χ0) is 17.1. The Bertz CT molecular complexity index is 825. The highest BCUT2D eigenvalue weighted by Gasteiger charge is 2.18. The standard InChI is InChI=1S/C16H16N2O5/c1-10-4-5-12(8-14(10)18(21)22)11(2)23-16(20)13-6-7-15(19)17(3)9-13/h4-9,11H,1-3H3/t11-/m0/s1. The van der Waals surface area contributed by atoms with Crippen molar-refractivity contribution in [2.45, 2.75) is 20.0 Å². The first-order chi connectivity index (χ1) is 10.8. The molecule has 1 atom stereocenters. The van der Waals surface area contributed by atoms with Crippen LogP contribution in [0.15, 0.2) is 41.3 Å². The van der Waals surface area contributed by atoms with Crippen LogP contribution in [-0.4, -0.2) is 15.5 Å². The van der Waals surface area contributed by atoms with Gasteiger partial charge in [-0.1, -0.05) is 12.1 Å². The lowest BCUT2D eigenvalue weighted by atomic mass is 10.1. The maximum Gasteiger partial charge on any atom is 0.340 e. The third-order valence-corrected chi connectivity index (χ3v) is 3.50. The van der Waals surface area contributed by atoms with Crippen molar-refractivity contribution < 1.29 is 14.5 Å². The van der Waals surface area contributed by atoms with E-state index >= 15 is 0 Å². The Hall–Kier alpha value is -2.96. The highest BCUT2D eigenvalue weighted by atomic mass is 16.6. The van der Waals surface area contributed by atoms with Crippen LogP contribution < -0.4 is 5.56 Å². The normalized spacial score (nSPS) is 11.8. The van der Waals surface area contributed by atoms with Crippen molar-refractivity contribution in [2.24, 2.45) is 7.05 Å². The molecule has 0 saturated heterocycles. The van der Waals surface area contributed by atoms with Gasteiger partial charge < -0.3 is 9.30 Å². The molecule has 2 aromatic rings. The summed E-state index contributed by atoms with van der Waals surface area (Å²) in [6.45, 7) is 3.28. The van der Waals surface area contributed by atoms with Gasteiger partial charge in [0.1, 0.15) is 6.10 Å². The number of aryl methyl sites for hydroxylation is 2. The molecule has 1 aromatic carbocycles. The van der Waals surface area contributed by atoms with Gasteiger partial charge in [0.2, 0.25) is 5.56 Å². The van der Waals surface area contributed by atoms with Crippen molar-refractivity contribution in [3.8, 4) is 0 Å². The highest BCUT2D eigenvalue weighted by Crippen LogP contribution is 2.25. The minimum atomic E-state index is -0.654. The van der Waals surface area contributed by atoms with E-state index in [-0.39, 0.29) is 16.8 Å². The van der Waals surface area contributed by atoms with Gasteiger partial charge in [-0.3, -0.25) is 14.9 Å². The van der Waals surface area contributed by atoms with Crippen molar-refractivity contribution in [2.75, 3.05) is 0 Å². The number of esters is 1. The van der Waals surface area contributed by atoms with Crippen molar-refractivity contribution in [1.82, 2.24) is 4.57 Å². The van der Waals surface area contributed by atoms with Gasteiger partial charge in [0.25, 0.3) is 5.69 Å². The fraction of sp³-hybridized carbons (Fsp3) is 0.250. The molecule has 0 aliphatic rings. The first kappa shape index (κ1) is 16.4. The van der Waals surface area contributed by atoms with Crippen LogP contribution in [-0.2, 0) is 11.8 Å². The van der Waals surface area contributed by atoms with Crippen molar-refractivity contribution in [3.05, 3.63) is 73.7 Å². The van der Waals surface area contributed by atoms with E-state index in [4.69, 9.17) is 4.74 Å². The zero-order valence-electron chi connectivity index (χ0n) is 13.0. The van der Waals surface area contributed by atoms with Crippen molar-refractivity contribution in [1.29, 1.82) is 0 Å². The first-order valence-corrected chi connectivity index (χ1v) is 6.92. The highest BCUT2D eigenvalue weighted by molar-refractivity contribution is 5.89. The molecular weight excluding hydrogens is 300 g/mol. The summed E-state index contributed by atoms with van der Waals surface area (Å²) in [5.41, 5.74) is 1.05. The second-order valence-electron chi connectivity index (χ2n) is 5.22. The third-order valence-electron chi connectivity index (χ3n) is 3.50. The van der Waals surface area contributed by atoms with E-state index in [0.717, 1.165) is 0 Å². The number of carbonyl (C=O) groups excluding carboxylic acids is 1. The largest absolute Gasteiger partial charge is 0.454 e. The number of nitro benzene ring substituents is 1. The van der Waals surface area contributed by atoms with E-state index in [1.807, 2.05) is 0 Å². The molecule has 7 heteroatoms. The smallest absolute Gasteiger partial charge is 0.340 e. The van der Waals surface area contributed by atoms with E-state index in [1.165, 1.54) is 36.0 Å². The molecule has 120 valence electrons. The molecule has 0 saturated carbocycles. The molecule has 0 bridgehead atoms. The molecule has 0 radical (unpaired) electrons. The fourth-order valence-corrected chi connectivity index (χ4v) is 2.09. The van der Waals surface area contributed by atoms with Gasteiger partial charge in [-0.15, -0.1) is 0 Å². The molecule has 0 aliphatic carbocycles. The first-order valence-electron chi connectivity index (χ1n) is 6.92. The molecule has 1 heterocycles. The molecule has 0 N–H and O–H groups in total. The number of hydrogen-bond donors (Lipinski definition) is 0. The Balaban J connectivity index is 2.21. The zero-order valence-corrected chi connectivity index (χ0v) is 13.0. The number of benzene rings is 1. The lowest BCUT2D eigenvalue weighted by Crippen LogP contribution is -2.18. The average Bonchev–Trinajstić information content (AvgIpc) is 2.49. The van der Waals surface area contributed by atoms with E-state index < -0.39 is 17.0 Å². The molecule has 0 unspecified atom stereocenters. The lowest BCUT2D eigenvalue weighted by Gasteiger charge is -2.14. The summed E-state index contributed by atoms with van der Waals surface area (Å²) < 4.78 is 6.59. The topological polar surface area (TPSA) is 91.4 Å². The van der Waals surface area contributed by atoms with Crippen molar-refractivity contribution >= 4 is 11.7 Å². The van der Waals surface area contributed by atoms with Crippen LogP contribution in [0.5, 0.6) is 0 Å². The number of aromatic nitrogens is 1. The average molecular weight is 316 g/mol. The number of carbonyl (C=O) groups is 1. The Morgan fingerprint density at radius 2 is 2.00 bits per heavy atom. The maximum absolute atomic E-state index is 12.1. The second kappa shape index (κ2) is 6.43. The molecule has 0 aliphatic heterocycles. The van der Waals surface area contributed by atoms with Crippen LogP contribution in [0.1, 0.15) is 34.5 Å². The van der Waals surface area contributed by atoms with Crippen LogP contribution in [0.3, 0.4) is 0 Å². The van der Waals surface area contributed by atoms with Crippen LogP contribution in [0.4, 0.5) is 5.69 Å². The van der Waals surface area contributed by atoms with Gasteiger partial charge in [0.15, 0.2) is 0 Å². The van der Waals surface area contributed by atoms with Crippen LogP contribution in [0, 0.1) is 17.0 Å². The lowest BCUT2D eigenvalue weighted by molar-refractivity contribution is -0.385. The van der Waals surface area contributed by atoms with Gasteiger partial charge >= 0.3 is 5.97 Å². The minimum absolute atomic E-state index is 0.0208. The van der Waals surface area contributed by atoms with Gasteiger partial charge in [-0.2, -0.15) is 0 Å². The van der Waals surface area contributed by atoms with Crippen LogP contribution in [0.25, 0.3) is 0 Å². The second-order valence-corrected chi connectivity index (χ2v) is 5.22. The summed E-state index contributed by atoms with van der Waals surface area (Å²) in [7, 11) is 1.53. The summed E-state index contributed by atoms with van der Waals surface area (Å²) in [6, 6.07) is 7.35. The summed E-state index contributed by atoms with van der Waals surface area (Å²) in [5, 5.41) is 11.0. The number of nitrogens with zero attached hydrogens (tertiary/aromatic N) is 2. The fourth-order valence-electron chi connectivity index (χ4n) is 2.09. The third kappa shape index (κ3) is 3.63. The Morgan fingerprint density at radius 1 is 1.30 bits per heavy atom. The number of ether oxygens (including phenoxy) is 1. The molecule has 23 heavy (non-hydrogen) atoms. The molecule has 0 amide bonds. The molecular formula is C16H16N2O5. The summed E-state index contributed by atoms with van der Waals surface area (Å²) in [4.78, 5) is 33.9. The SMILES string of the molecule is Cc1ccc([C@H](C)OC(=O)c2ccc(=O)n(C)c2)cc1[N+](=O)[O-]. The Kier molecular flexibility index (Phi) is 4.59. The van der Waals surface area contributed by atoms with Gasteiger partial charge in [-0.05, 0) is 25.5 Å². The van der Waals surface area contributed by atoms with E-state index in [1.54, 1.807) is 26.0 Å². The number of hydrogen-bond acceptors (Lipinski definition) is 5. The van der Waals surface area contributed by atoms with Gasteiger partial charge in [0, 0.05) is 30.9 Å². The molecule has 1 aromatic heterocycles. The molecule has 2 rings (SSSR count). The molecule has 7 nitrogen and oxygen atoms in total. The number of nitro groups is 1. The predicted molar refractivity (Wildman–Crippen MR) is 83.3 cm³/mol. The molecule has 0 spiro atoms. The van der Waals surface area contributed by atoms with Gasteiger partial charge in [-0.25, -0.2) is 4.79 Å². The van der Waals surface area contributed by atoms with E-state index in [2.05, 4.69) is 0 Å². The Morgan fingerprint density at radius 3 is 2.61 bits per heavy atom. The van der Waals surface area contributed by atoms with Gasteiger partial charge in [0.05, 0.1) is 10.5 Å². The quantitative estimate of drug-likeness (QED) is 0.491. The summed E-state index contributed by atoms with van der Waals surface area (Å²) in [5.74, 6) is -0.601. The predicted octanol–water partition coefficient (Wildman–Crippen LogP) is 2.52. The number of rotatable bonds is 4. The number of pyridine rings is 1. The van der Waals surface area contributed by atoms with E-state index in [9.17, 15) is 19.7 Å². The monoisotopic (exact) mass is 316 g/mol. The maximum atomic E-state index is 12.1. The van der Waals surface area contributed by atoms with Crippen LogP contribution in [0.2, 0.25) is 0 Å². The molecule has 0 fully saturated rings.